The van der Waals surface area contributed by atoms with Crippen molar-refractivity contribution in [1.82, 2.24) is 20.6 Å². The fourth-order valence-electron chi connectivity index (χ4n) is 4.06. The van der Waals surface area contributed by atoms with Crippen LogP contribution in [0.5, 0.6) is 0 Å². The van der Waals surface area contributed by atoms with Crippen molar-refractivity contribution < 1.29 is 0 Å². The highest BCUT2D eigenvalue weighted by molar-refractivity contribution is 7.13. The molecular weight excluding hydrogens is 394 g/mol. The Kier molecular flexibility index (Phi) is 7.04. The highest BCUT2D eigenvalue weighted by Crippen LogP contribution is 2.24. The van der Waals surface area contributed by atoms with Crippen LogP contribution in [0.3, 0.4) is 0 Å². The number of aromatic nitrogens is 2. The van der Waals surface area contributed by atoms with E-state index in [-0.39, 0.29) is 0 Å². The number of piperidine rings is 1. The number of guanidine groups is 1. The number of anilines is 2. The highest BCUT2D eigenvalue weighted by atomic mass is 32.1. The predicted octanol–water partition coefficient (Wildman–Crippen LogP) is 2.82. The second-order valence-corrected chi connectivity index (χ2v) is 9.00. The molecule has 0 aromatic carbocycles. The number of rotatable bonds is 6. The third-order valence-corrected chi connectivity index (χ3v) is 6.82. The average molecular weight is 428 g/mol. The first-order valence-corrected chi connectivity index (χ1v) is 11.9. The van der Waals surface area contributed by atoms with Crippen LogP contribution in [-0.2, 0) is 6.42 Å². The lowest BCUT2D eigenvalue weighted by atomic mass is 10.1. The lowest BCUT2D eigenvalue weighted by molar-refractivity contribution is 0.459. The van der Waals surface area contributed by atoms with Crippen molar-refractivity contribution >= 4 is 28.2 Å². The maximum absolute atomic E-state index is 4.81. The fraction of sp³-hybridized carbons (Fsp3) is 0.591. The van der Waals surface area contributed by atoms with Crippen molar-refractivity contribution in [1.29, 1.82) is 0 Å². The van der Waals surface area contributed by atoms with Crippen LogP contribution in [0.1, 0.15) is 36.9 Å². The Bertz CT molecular complexity index is 818. The van der Waals surface area contributed by atoms with E-state index in [9.17, 15) is 0 Å². The van der Waals surface area contributed by atoms with E-state index >= 15 is 0 Å². The standard InChI is InChI=1S/C22H33N7S/c1-17-5-6-20(25-15-17)28-13-8-18(9-14-28)26-21(23-2)24-10-7-19-16-30-22(27-19)29-11-3-4-12-29/h5-6,15-16,18H,3-4,7-14H2,1-2H3,(H2,23,24,26). The van der Waals surface area contributed by atoms with Gasteiger partial charge < -0.3 is 20.4 Å². The molecule has 2 aromatic heterocycles. The Hall–Kier alpha value is -2.35. The van der Waals surface area contributed by atoms with Gasteiger partial charge in [0.1, 0.15) is 5.82 Å². The first-order chi connectivity index (χ1) is 14.7. The average Bonchev–Trinajstić information content (AvgIpc) is 3.46. The van der Waals surface area contributed by atoms with E-state index in [2.05, 4.69) is 54.8 Å². The molecule has 0 aliphatic carbocycles. The molecule has 30 heavy (non-hydrogen) atoms. The van der Waals surface area contributed by atoms with Gasteiger partial charge in [-0.3, -0.25) is 4.99 Å². The van der Waals surface area contributed by atoms with Crippen LogP contribution in [0, 0.1) is 6.92 Å². The summed E-state index contributed by atoms with van der Waals surface area (Å²) in [5, 5.41) is 10.4. The van der Waals surface area contributed by atoms with Gasteiger partial charge in [-0.25, -0.2) is 9.97 Å². The molecule has 0 amide bonds. The maximum atomic E-state index is 4.81. The first kappa shape index (κ1) is 20.9. The van der Waals surface area contributed by atoms with Gasteiger partial charge in [-0.1, -0.05) is 6.07 Å². The minimum Gasteiger partial charge on any atom is -0.356 e. The van der Waals surface area contributed by atoms with Gasteiger partial charge in [-0.15, -0.1) is 11.3 Å². The second kappa shape index (κ2) is 10.1. The molecule has 8 heteroatoms. The Morgan fingerprint density at radius 3 is 2.67 bits per heavy atom. The van der Waals surface area contributed by atoms with E-state index in [4.69, 9.17) is 4.98 Å². The van der Waals surface area contributed by atoms with E-state index in [1.165, 1.54) is 29.2 Å². The van der Waals surface area contributed by atoms with Crippen molar-refractivity contribution in [2.24, 2.45) is 4.99 Å². The van der Waals surface area contributed by atoms with Crippen LogP contribution >= 0.6 is 11.3 Å². The summed E-state index contributed by atoms with van der Waals surface area (Å²) in [5.74, 6) is 1.97. The monoisotopic (exact) mass is 427 g/mol. The maximum Gasteiger partial charge on any atom is 0.191 e. The summed E-state index contributed by atoms with van der Waals surface area (Å²) in [6, 6.07) is 4.70. The second-order valence-electron chi connectivity index (χ2n) is 8.16. The number of thiazole rings is 1. The molecule has 0 spiro atoms. The van der Waals surface area contributed by atoms with Crippen molar-refractivity contribution in [2.45, 2.75) is 45.1 Å². The molecule has 0 atom stereocenters. The minimum absolute atomic E-state index is 0.443. The van der Waals surface area contributed by atoms with Gasteiger partial charge in [-0.2, -0.15) is 0 Å². The minimum atomic E-state index is 0.443. The lowest BCUT2D eigenvalue weighted by Crippen LogP contribution is -2.49. The summed E-state index contributed by atoms with van der Waals surface area (Å²) in [5.41, 5.74) is 2.37. The SMILES string of the molecule is CN=C(NCCc1csc(N2CCCC2)n1)NC1CCN(c2ccc(C)cn2)CC1. The highest BCUT2D eigenvalue weighted by Gasteiger charge is 2.21. The summed E-state index contributed by atoms with van der Waals surface area (Å²) in [6.45, 7) is 7.26. The number of aliphatic imine (C=N–C) groups is 1. The summed E-state index contributed by atoms with van der Waals surface area (Å²) in [7, 11) is 1.84. The Balaban J connectivity index is 1.18. The zero-order chi connectivity index (χ0) is 20.8. The number of aryl methyl sites for hydroxylation is 1. The van der Waals surface area contributed by atoms with Crippen molar-refractivity contribution in [2.75, 3.05) is 49.6 Å². The van der Waals surface area contributed by atoms with Gasteiger partial charge in [0.2, 0.25) is 0 Å². The molecule has 0 saturated carbocycles. The lowest BCUT2D eigenvalue weighted by Gasteiger charge is -2.33. The van der Waals surface area contributed by atoms with Gasteiger partial charge in [0, 0.05) is 63.8 Å². The van der Waals surface area contributed by atoms with Crippen molar-refractivity contribution in [3.8, 4) is 0 Å². The normalized spacial score (nSPS) is 18.1. The zero-order valence-corrected chi connectivity index (χ0v) is 18.9. The van der Waals surface area contributed by atoms with Crippen LogP contribution in [0.2, 0.25) is 0 Å². The molecule has 2 saturated heterocycles. The molecular formula is C22H33N7S. The smallest absolute Gasteiger partial charge is 0.191 e. The summed E-state index contributed by atoms with van der Waals surface area (Å²) >= 11 is 1.77. The molecule has 0 radical (unpaired) electrons. The molecule has 2 aliphatic rings. The molecule has 2 aromatic rings. The van der Waals surface area contributed by atoms with Crippen LogP contribution in [0.15, 0.2) is 28.7 Å². The third-order valence-electron chi connectivity index (χ3n) is 5.87. The largest absolute Gasteiger partial charge is 0.356 e. The Morgan fingerprint density at radius 1 is 1.17 bits per heavy atom. The first-order valence-electron chi connectivity index (χ1n) is 11.1. The number of pyridine rings is 1. The Morgan fingerprint density at radius 2 is 1.97 bits per heavy atom. The fourth-order valence-corrected chi connectivity index (χ4v) is 4.98. The zero-order valence-electron chi connectivity index (χ0n) is 18.1. The molecule has 2 N–H and O–H groups in total. The molecule has 0 unspecified atom stereocenters. The van der Waals surface area contributed by atoms with Crippen LogP contribution in [0.25, 0.3) is 0 Å². The van der Waals surface area contributed by atoms with E-state index in [1.807, 2.05) is 13.2 Å². The van der Waals surface area contributed by atoms with Crippen molar-refractivity contribution in [3.63, 3.8) is 0 Å². The van der Waals surface area contributed by atoms with E-state index in [0.717, 1.165) is 63.8 Å². The van der Waals surface area contributed by atoms with Gasteiger partial charge in [0.15, 0.2) is 11.1 Å². The number of nitrogens with zero attached hydrogens (tertiary/aromatic N) is 5. The van der Waals surface area contributed by atoms with E-state index < -0.39 is 0 Å². The van der Waals surface area contributed by atoms with E-state index in [1.54, 1.807) is 11.3 Å². The van der Waals surface area contributed by atoms with Gasteiger partial charge in [-0.05, 0) is 44.2 Å². The number of hydrogen-bond acceptors (Lipinski definition) is 6. The van der Waals surface area contributed by atoms with Gasteiger partial charge in [0.25, 0.3) is 0 Å². The summed E-state index contributed by atoms with van der Waals surface area (Å²) in [6.07, 6.45) is 7.62. The summed E-state index contributed by atoms with van der Waals surface area (Å²) < 4.78 is 0. The third kappa shape index (κ3) is 5.41. The topological polar surface area (TPSA) is 68.7 Å². The molecule has 0 bridgehead atoms. The van der Waals surface area contributed by atoms with Crippen LogP contribution in [-0.4, -0.2) is 61.7 Å². The van der Waals surface area contributed by atoms with Crippen molar-refractivity contribution in [3.05, 3.63) is 35.0 Å². The number of nitrogens with one attached hydrogen (secondary N) is 2. The molecule has 4 heterocycles. The molecule has 7 nitrogen and oxygen atoms in total. The van der Waals surface area contributed by atoms with Gasteiger partial charge >= 0.3 is 0 Å². The molecule has 2 fully saturated rings. The molecule has 4 rings (SSSR count). The predicted molar refractivity (Wildman–Crippen MR) is 126 cm³/mol. The Labute approximate surface area is 183 Å². The number of hydrogen-bond donors (Lipinski definition) is 2. The quantitative estimate of drug-likeness (QED) is 0.546. The van der Waals surface area contributed by atoms with Crippen LogP contribution in [0.4, 0.5) is 10.9 Å². The van der Waals surface area contributed by atoms with Crippen LogP contribution < -0.4 is 20.4 Å². The summed E-state index contributed by atoms with van der Waals surface area (Å²) in [4.78, 5) is 18.6. The van der Waals surface area contributed by atoms with Gasteiger partial charge in [0.05, 0.1) is 5.69 Å². The van der Waals surface area contributed by atoms with E-state index in [0.29, 0.717) is 6.04 Å². The molecule has 162 valence electrons. The molecule has 2 aliphatic heterocycles.